The van der Waals surface area contributed by atoms with Gasteiger partial charge in [0.15, 0.2) is 0 Å². The van der Waals surface area contributed by atoms with E-state index in [4.69, 9.17) is 4.42 Å². The van der Waals surface area contributed by atoms with E-state index in [1.807, 2.05) is 4.90 Å². The van der Waals surface area contributed by atoms with Crippen LogP contribution >= 0.6 is 15.9 Å². The normalized spacial score (nSPS) is 23.0. The minimum absolute atomic E-state index is 0.124. The summed E-state index contributed by atoms with van der Waals surface area (Å²) in [5.74, 6) is -0.215. The molecule has 3 unspecified atom stereocenters. The average Bonchev–Trinajstić information content (AvgIpc) is 3.45. The Labute approximate surface area is 175 Å². The van der Waals surface area contributed by atoms with Crippen LogP contribution in [0.1, 0.15) is 35.3 Å². The summed E-state index contributed by atoms with van der Waals surface area (Å²) in [6.45, 7) is 0. The minimum Gasteiger partial charge on any atom is -0.444 e. The van der Waals surface area contributed by atoms with Crippen LogP contribution in [0.2, 0.25) is 0 Å². The lowest BCUT2D eigenvalue weighted by molar-refractivity contribution is 0.0719. The topological polar surface area (TPSA) is 72.1 Å². The highest BCUT2D eigenvalue weighted by Crippen LogP contribution is 2.44. The highest BCUT2D eigenvalue weighted by Gasteiger charge is 2.49. The summed E-state index contributed by atoms with van der Waals surface area (Å²) in [5, 5.41) is 0. The number of halogens is 2. The first-order valence-corrected chi connectivity index (χ1v) is 10.4. The van der Waals surface area contributed by atoms with Gasteiger partial charge in [-0.3, -0.25) is 9.78 Å². The summed E-state index contributed by atoms with van der Waals surface area (Å²) < 4.78 is 20.6. The third-order valence-corrected chi connectivity index (χ3v) is 6.34. The molecule has 2 aliphatic heterocycles. The van der Waals surface area contributed by atoms with Crippen LogP contribution in [-0.4, -0.2) is 37.8 Å². The van der Waals surface area contributed by atoms with E-state index in [0.29, 0.717) is 16.1 Å². The largest absolute Gasteiger partial charge is 0.444 e. The number of aromatic nitrogens is 3. The lowest BCUT2D eigenvalue weighted by atomic mass is 9.86. The molecule has 2 fully saturated rings. The van der Waals surface area contributed by atoms with Crippen molar-refractivity contribution in [3.8, 4) is 11.5 Å². The zero-order valence-corrected chi connectivity index (χ0v) is 17.0. The van der Waals surface area contributed by atoms with Gasteiger partial charge in [0.1, 0.15) is 16.7 Å². The van der Waals surface area contributed by atoms with E-state index >= 15 is 0 Å². The molecule has 2 aromatic heterocycles. The molecule has 0 radical (unpaired) electrons. The number of nitrogens with zero attached hydrogens (tertiary/aromatic N) is 4. The van der Waals surface area contributed by atoms with Gasteiger partial charge >= 0.3 is 0 Å². The Kier molecular flexibility index (Phi) is 4.66. The second kappa shape index (κ2) is 7.33. The molecule has 0 saturated carbocycles. The van der Waals surface area contributed by atoms with E-state index in [1.165, 1.54) is 18.5 Å². The number of benzene rings is 1. The number of amides is 1. The molecule has 2 saturated heterocycles. The maximum Gasteiger partial charge on any atom is 0.255 e. The van der Waals surface area contributed by atoms with Crippen LogP contribution in [0.5, 0.6) is 0 Å². The van der Waals surface area contributed by atoms with Crippen molar-refractivity contribution in [3.05, 3.63) is 64.7 Å². The Morgan fingerprint density at radius 3 is 2.90 bits per heavy atom. The van der Waals surface area contributed by atoms with Gasteiger partial charge in [-0.2, -0.15) is 0 Å². The standard InChI is InChI=1S/C21H18BrFN4O2/c22-18-11-25-13(10-26-18)8-12-9-14-4-5-17(12)27(14)21(28)15-2-1-3-16(23)19(15)20-24-6-7-29-20/h1-3,6-7,10-12,14,17H,4-5,8-9H2. The first-order chi connectivity index (χ1) is 14.1. The molecule has 148 valence electrons. The van der Waals surface area contributed by atoms with Crippen LogP contribution in [0.25, 0.3) is 11.5 Å². The fourth-order valence-electron chi connectivity index (χ4n) is 4.77. The maximum absolute atomic E-state index is 14.6. The third kappa shape index (κ3) is 3.25. The molecular weight excluding hydrogens is 439 g/mol. The molecule has 29 heavy (non-hydrogen) atoms. The number of hydrogen-bond donors (Lipinski definition) is 0. The molecule has 2 aliphatic rings. The van der Waals surface area contributed by atoms with Crippen molar-refractivity contribution in [2.75, 3.05) is 0 Å². The van der Waals surface area contributed by atoms with Gasteiger partial charge in [-0.25, -0.2) is 14.4 Å². The summed E-state index contributed by atoms with van der Waals surface area (Å²) in [4.78, 5) is 28.1. The Morgan fingerprint density at radius 2 is 2.14 bits per heavy atom. The van der Waals surface area contributed by atoms with E-state index in [0.717, 1.165) is 31.4 Å². The summed E-state index contributed by atoms with van der Waals surface area (Å²) in [5.41, 5.74) is 1.35. The second-order valence-corrected chi connectivity index (χ2v) is 8.35. The van der Waals surface area contributed by atoms with Crippen LogP contribution in [0.4, 0.5) is 4.39 Å². The van der Waals surface area contributed by atoms with Gasteiger partial charge in [0.2, 0.25) is 5.89 Å². The molecule has 5 rings (SSSR count). The Morgan fingerprint density at radius 1 is 1.24 bits per heavy atom. The molecule has 8 heteroatoms. The van der Waals surface area contributed by atoms with Crippen LogP contribution in [0.3, 0.4) is 0 Å². The van der Waals surface area contributed by atoms with E-state index < -0.39 is 5.82 Å². The molecule has 1 aromatic carbocycles. The van der Waals surface area contributed by atoms with Crippen LogP contribution in [0, 0.1) is 11.7 Å². The molecule has 3 atom stereocenters. The van der Waals surface area contributed by atoms with Gasteiger partial charge in [-0.1, -0.05) is 6.07 Å². The molecule has 0 spiro atoms. The minimum atomic E-state index is -0.508. The van der Waals surface area contributed by atoms with Crippen molar-refractivity contribution in [3.63, 3.8) is 0 Å². The van der Waals surface area contributed by atoms with Crippen molar-refractivity contribution in [1.82, 2.24) is 19.9 Å². The highest BCUT2D eigenvalue weighted by molar-refractivity contribution is 9.10. The van der Waals surface area contributed by atoms with E-state index in [9.17, 15) is 9.18 Å². The maximum atomic E-state index is 14.6. The van der Waals surface area contributed by atoms with Gasteiger partial charge in [0.05, 0.1) is 29.2 Å². The first-order valence-electron chi connectivity index (χ1n) is 9.59. The van der Waals surface area contributed by atoms with Gasteiger partial charge in [0.25, 0.3) is 5.91 Å². The van der Waals surface area contributed by atoms with Crippen molar-refractivity contribution in [2.24, 2.45) is 5.92 Å². The Bertz CT molecular complexity index is 1040. The SMILES string of the molecule is O=C(c1cccc(F)c1-c1ncco1)N1C2CCC1C(Cc1cnc(Br)cn1)C2. The number of oxazole rings is 1. The first kappa shape index (κ1) is 18.4. The quantitative estimate of drug-likeness (QED) is 0.585. The Balaban J connectivity index is 1.43. The molecule has 0 aliphatic carbocycles. The molecule has 0 N–H and O–H groups in total. The number of carbonyl (C=O) groups is 1. The average molecular weight is 457 g/mol. The van der Waals surface area contributed by atoms with Crippen molar-refractivity contribution in [2.45, 2.75) is 37.8 Å². The monoisotopic (exact) mass is 456 g/mol. The van der Waals surface area contributed by atoms with E-state index in [1.54, 1.807) is 24.5 Å². The molecule has 3 aromatic rings. The van der Waals surface area contributed by atoms with Crippen molar-refractivity contribution >= 4 is 21.8 Å². The fourth-order valence-corrected chi connectivity index (χ4v) is 4.97. The molecule has 6 nitrogen and oxygen atoms in total. The van der Waals surface area contributed by atoms with Crippen molar-refractivity contribution in [1.29, 1.82) is 0 Å². The zero-order chi connectivity index (χ0) is 20.0. The fraction of sp³-hybridized carbons (Fsp3) is 0.333. The number of carbonyl (C=O) groups excluding carboxylic acids is 1. The third-order valence-electron chi connectivity index (χ3n) is 5.94. The molecule has 2 bridgehead atoms. The van der Waals surface area contributed by atoms with Crippen LogP contribution in [0.15, 0.2) is 52.1 Å². The summed E-state index contributed by atoms with van der Waals surface area (Å²) in [6.07, 6.45) is 9.93. The summed E-state index contributed by atoms with van der Waals surface area (Å²) >= 11 is 3.30. The van der Waals surface area contributed by atoms with E-state index in [2.05, 4.69) is 30.9 Å². The lowest BCUT2D eigenvalue weighted by Gasteiger charge is -2.25. The van der Waals surface area contributed by atoms with Gasteiger partial charge in [-0.15, -0.1) is 0 Å². The second-order valence-electron chi connectivity index (χ2n) is 7.54. The summed E-state index contributed by atoms with van der Waals surface area (Å²) in [6, 6.07) is 4.82. The van der Waals surface area contributed by atoms with Crippen LogP contribution < -0.4 is 0 Å². The molecular formula is C21H18BrFN4O2. The molecule has 4 heterocycles. The van der Waals surface area contributed by atoms with E-state index in [-0.39, 0.29) is 29.4 Å². The smallest absolute Gasteiger partial charge is 0.255 e. The van der Waals surface area contributed by atoms with Gasteiger partial charge in [0, 0.05) is 18.3 Å². The predicted molar refractivity (Wildman–Crippen MR) is 106 cm³/mol. The highest BCUT2D eigenvalue weighted by atomic mass is 79.9. The number of rotatable bonds is 4. The zero-order valence-electron chi connectivity index (χ0n) is 15.5. The van der Waals surface area contributed by atoms with Crippen molar-refractivity contribution < 1.29 is 13.6 Å². The Hall–Kier alpha value is -2.61. The summed E-state index contributed by atoms with van der Waals surface area (Å²) in [7, 11) is 0. The number of hydrogen-bond acceptors (Lipinski definition) is 5. The molecule has 1 amide bonds. The van der Waals surface area contributed by atoms with Crippen LogP contribution in [-0.2, 0) is 6.42 Å². The predicted octanol–water partition coefficient (Wildman–Crippen LogP) is 4.27. The van der Waals surface area contributed by atoms with Gasteiger partial charge < -0.3 is 9.32 Å². The van der Waals surface area contributed by atoms with Gasteiger partial charge in [-0.05, 0) is 59.7 Å². The number of fused-ring (bicyclic) bond motifs is 2. The lowest BCUT2D eigenvalue weighted by Crippen LogP contribution is -2.37.